The van der Waals surface area contributed by atoms with Gasteiger partial charge in [0.2, 0.25) is 0 Å². The van der Waals surface area contributed by atoms with E-state index in [1.165, 1.54) is 13.2 Å². The van der Waals surface area contributed by atoms with E-state index in [4.69, 9.17) is 25.8 Å². The molecular formula is C27H22ClNO5. The molecule has 34 heavy (non-hydrogen) atoms. The fourth-order valence-corrected chi connectivity index (χ4v) is 3.59. The Morgan fingerprint density at radius 1 is 0.941 bits per heavy atom. The van der Waals surface area contributed by atoms with E-state index in [1.807, 2.05) is 36.4 Å². The van der Waals surface area contributed by atoms with Gasteiger partial charge in [0.1, 0.15) is 18.1 Å². The number of pyridine rings is 1. The van der Waals surface area contributed by atoms with Crippen LogP contribution in [0.15, 0.2) is 78.9 Å². The molecule has 172 valence electrons. The Morgan fingerprint density at radius 3 is 2.50 bits per heavy atom. The first-order valence-corrected chi connectivity index (χ1v) is 11.0. The first kappa shape index (κ1) is 23.3. The molecule has 0 saturated heterocycles. The number of hydrogen-bond acceptors (Lipinski definition) is 6. The smallest absolute Gasteiger partial charge is 0.310 e. The van der Waals surface area contributed by atoms with Crippen LogP contribution in [0.3, 0.4) is 0 Å². The van der Waals surface area contributed by atoms with Crippen molar-refractivity contribution in [2.45, 2.75) is 13.0 Å². The van der Waals surface area contributed by atoms with E-state index in [0.29, 0.717) is 28.7 Å². The normalized spacial score (nSPS) is 10.6. The summed E-state index contributed by atoms with van der Waals surface area (Å²) < 4.78 is 16.0. The molecule has 0 radical (unpaired) electrons. The average molecular weight is 476 g/mol. The summed E-state index contributed by atoms with van der Waals surface area (Å²) in [5, 5.41) is 1.40. The van der Waals surface area contributed by atoms with Gasteiger partial charge in [-0.2, -0.15) is 0 Å². The van der Waals surface area contributed by atoms with Crippen LogP contribution in [0.25, 0.3) is 10.9 Å². The number of aromatic nitrogens is 1. The molecule has 1 heterocycles. The number of hydrogen-bond donors (Lipinski definition) is 0. The van der Waals surface area contributed by atoms with Gasteiger partial charge in [-0.15, -0.1) is 0 Å². The summed E-state index contributed by atoms with van der Waals surface area (Å²) in [7, 11) is 1.49. The maximum atomic E-state index is 12.3. The Kier molecular flexibility index (Phi) is 7.40. The van der Waals surface area contributed by atoms with Gasteiger partial charge in [-0.25, -0.2) is 4.98 Å². The fraction of sp³-hybridized carbons (Fsp3) is 0.148. The maximum Gasteiger partial charge on any atom is 0.310 e. The molecule has 1 aromatic heterocycles. The van der Waals surface area contributed by atoms with Gasteiger partial charge in [-0.1, -0.05) is 48.0 Å². The first-order valence-electron chi connectivity index (χ1n) is 10.6. The number of carbonyl (C=O) groups is 2. The lowest BCUT2D eigenvalue weighted by Crippen LogP contribution is -2.15. The van der Waals surface area contributed by atoms with Gasteiger partial charge in [-0.3, -0.25) is 9.59 Å². The number of fused-ring (bicyclic) bond motifs is 1. The summed E-state index contributed by atoms with van der Waals surface area (Å²) in [5.74, 6) is 0.292. The van der Waals surface area contributed by atoms with Crippen molar-refractivity contribution in [1.82, 2.24) is 4.98 Å². The number of para-hydroxylation sites is 1. The number of carbonyl (C=O) groups excluding carboxylic acids is 2. The third kappa shape index (κ3) is 5.91. The molecule has 0 aliphatic rings. The van der Waals surface area contributed by atoms with E-state index in [0.717, 1.165) is 22.2 Å². The lowest BCUT2D eigenvalue weighted by atomic mass is 10.1. The molecule has 0 N–H and O–H groups in total. The number of nitrogens with zero attached hydrogens (tertiary/aromatic N) is 1. The Hall–Kier alpha value is -3.90. The number of methoxy groups -OCH3 is 1. The summed E-state index contributed by atoms with van der Waals surface area (Å²) in [5.41, 5.74) is 2.85. The Morgan fingerprint density at radius 2 is 1.74 bits per heavy atom. The van der Waals surface area contributed by atoms with E-state index < -0.39 is 5.97 Å². The molecule has 0 aliphatic heterocycles. The fourth-order valence-electron chi connectivity index (χ4n) is 3.34. The molecule has 0 atom stereocenters. The monoisotopic (exact) mass is 475 g/mol. The van der Waals surface area contributed by atoms with Gasteiger partial charge in [-0.05, 0) is 48.0 Å². The van der Waals surface area contributed by atoms with Gasteiger partial charge in [0, 0.05) is 10.9 Å². The minimum Gasteiger partial charge on any atom is -0.495 e. The molecule has 0 amide bonds. The van der Waals surface area contributed by atoms with Crippen LogP contribution in [0.4, 0.5) is 0 Å². The van der Waals surface area contributed by atoms with E-state index in [-0.39, 0.29) is 18.8 Å². The second-order valence-corrected chi connectivity index (χ2v) is 7.95. The minimum absolute atomic E-state index is 0.0448. The van der Waals surface area contributed by atoms with Gasteiger partial charge in [0.25, 0.3) is 0 Å². The Bertz CT molecular complexity index is 1320. The molecule has 0 bridgehead atoms. The summed E-state index contributed by atoms with van der Waals surface area (Å²) in [4.78, 5) is 29.0. The van der Waals surface area contributed by atoms with Crippen LogP contribution in [0, 0.1) is 0 Å². The highest BCUT2D eigenvalue weighted by molar-refractivity contribution is 6.32. The Labute approximate surface area is 202 Å². The second-order valence-electron chi connectivity index (χ2n) is 7.54. The first-order chi connectivity index (χ1) is 16.5. The molecule has 0 aliphatic carbocycles. The highest BCUT2D eigenvalue weighted by Crippen LogP contribution is 2.25. The highest BCUT2D eigenvalue weighted by atomic mass is 35.5. The van der Waals surface area contributed by atoms with Crippen molar-refractivity contribution >= 4 is 34.3 Å². The standard InChI is InChI=1S/C27H22ClNO5/c1-32-26-13-9-20(15-23(26)28)25(30)17-34-27(31)14-18-6-11-22(12-7-18)33-16-21-10-8-19-4-2-3-5-24(19)29-21/h2-13,15H,14,16-17H2,1H3. The molecule has 4 rings (SSSR count). The topological polar surface area (TPSA) is 74.7 Å². The number of halogens is 1. The van der Waals surface area contributed by atoms with Crippen molar-refractivity contribution in [3.8, 4) is 11.5 Å². The van der Waals surface area contributed by atoms with Gasteiger partial charge < -0.3 is 14.2 Å². The zero-order valence-electron chi connectivity index (χ0n) is 18.5. The van der Waals surface area contributed by atoms with Crippen LogP contribution in [0.1, 0.15) is 21.6 Å². The third-order valence-electron chi connectivity index (χ3n) is 5.15. The van der Waals surface area contributed by atoms with Crippen LogP contribution in [0.5, 0.6) is 11.5 Å². The lowest BCUT2D eigenvalue weighted by molar-refractivity contribution is -0.141. The molecular weight excluding hydrogens is 454 g/mol. The van der Waals surface area contributed by atoms with Gasteiger partial charge in [0.15, 0.2) is 12.4 Å². The molecule has 7 heteroatoms. The predicted molar refractivity (Wildman–Crippen MR) is 130 cm³/mol. The predicted octanol–water partition coefficient (Wildman–Crippen LogP) is 5.44. The summed E-state index contributed by atoms with van der Waals surface area (Å²) >= 11 is 6.04. The Balaban J connectivity index is 1.26. The van der Waals surface area contributed by atoms with E-state index >= 15 is 0 Å². The molecule has 0 saturated carbocycles. The van der Waals surface area contributed by atoms with Crippen molar-refractivity contribution in [2.24, 2.45) is 0 Å². The van der Waals surface area contributed by atoms with Crippen LogP contribution >= 0.6 is 11.6 Å². The molecule has 4 aromatic rings. The third-order valence-corrected chi connectivity index (χ3v) is 5.45. The zero-order valence-corrected chi connectivity index (χ0v) is 19.2. The van der Waals surface area contributed by atoms with Gasteiger partial charge >= 0.3 is 5.97 Å². The van der Waals surface area contributed by atoms with Crippen LogP contribution in [-0.2, 0) is 22.6 Å². The van der Waals surface area contributed by atoms with Crippen LogP contribution in [0.2, 0.25) is 5.02 Å². The van der Waals surface area contributed by atoms with E-state index in [1.54, 1.807) is 36.4 Å². The number of ether oxygens (including phenoxy) is 3. The van der Waals surface area contributed by atoms with Crippen LogP contribution in [-0.4, -0.2) is 30.5 Å². The summed E-state index contributed by atoms with van der Waals surface area (Å²) in [6, 6.07) is 23.7. The zero-order chi connectivity index (χ0) is 23.9. The SMILES string of the molecule is COc1ccc(C(=O)COC(=O)Cc2ccc(OCc3ccc4ccccc4n3)cc2)cc1Cl. The number of esters is 1. The van der Waals surface area contributed by atoms with Gasteiger partial charge in [0.05, 0.1) is 29.8 Å². The van der Waals surface area contributed by atoms with Crippen molar-refractivity contribution in [3.63, 3.8) is 0 Å². The van der Waals surface area contributed by atoms with E-state index in [2.05, 4.69) is 4.98 Å². The average Bonchev–Trinajstić information content (AvgIpc) is 2.86. The number of rotatable bonds is 9. The highest BCUT2D eigenvalue weighted by Gasteiger charge is 2.13. The van der Waals surface area contributed by atoms with Crippen LogP contribution < -0.4 is 9.47 Å². The van der Waals surface area contributed by atoms with Crippen molar-refractivity contribution in [3.05, 3.63) is 101 Å². The largest absolute Gasteiger partial charge is 0.495 e. The van der Waals surface area contributed by atoms with Crippen molar-refractivity contribution < 1.29 is 23.8 Å². The summed E-state index contributed by atoms with van der Waals surface area (Å²) in [6.45, 7) is -0.0227. The number of Topliss-reactive ketones (excluding diaryl/α,β-unsaturated/α-hetero) is 1. The van der Waals surface area contributed by atoms with Crippen molar-refractivity contribution in [1.29, 1.82) is 0 Å². The molecule has 0 fully saturated rings. The second kappa shape index (κ2) is 10.8. The van der Waals surface area contributed by atoms with Crippen molar-refractivity contribution in [2.75, 3.05) is 13.7 Å². The quantitative estimate of drug-likeness (QED) is 0.237. The lowest BCUT2D eigenvalue weighted by Gasteiger charge is -2.08. The molecule has 3 aromatic carbocycles. The number of ketones is 1. The summed E-state index contributed by atoms with van der Waals surface area (Å²) in [6.07, 6.45) is 0.0448. The molecule has 0 spiro atoms. The minimum atomic E-state index is -0.498. The number of benzene rings is 3. The maximum absolute atomic E-state index is 12.3. The van der Waals surface area contributed by atoms with E-state index in [9.17, 15) is 9.59 Å². The molecule has 0 unspecified atom stereocenters. The molecule has 6 nitrogen and oxygen atoms in total.